The highest BCUT2D eigenvalue weighted by Gasteiger charge is 2.20. The summed E-state index contributed by atoms with van der Waals surface area (Å²) in [5.74, 6) is 1.55. The highest BCUT2D eigenvalue weighted by Crippen LogP contribution is 2.24. The van der Waals surface area contributed by atoms with E-state index >= 15 is 0 Å². The van der Waals surface area contributed by atoms with Crippen molar-refractivity contribution in [2.24, 2.45) is 10.9 Å². The van der Waals surface area contributed by atoms with E-state index in [4.69, 9.17) is 0 Å². The number of thioether (sulfide) groups is 1. The average molecular weight is 280 g/mol. The smallest absolute Gasteiger partial charge is 0.157 e. The van der Waals surface area contributed by atoms with Gasteiger partial charge in [0.1, 0.15) is 5.82 Å². The fourth-order valence-corrected chi connectivity index (χ4v) is 3.13. The van der Waals surface area contributed by atoms with Crippen molar-refractivity contribution in [2.45, 2.75) is 39.8 Å². The van der Waals surface area contributed by atoms with E-state index in [-0.39, 0.29) is 11.9 Å². The number of nitrogens with one attached hydrogen (secondary N) is 1. The second-order valence-corrected chi connectivity index (χ2v) is 6.35. The molecule has 2 nitrogen and oxygen atoms in total. The van der Waals surface area contributed by atoms with E-state index in [0.717, 1.165) is 16.5 Å². The fraction of sp³-hybridized carbons (Fsp3) is 0.533. The molecule has 1 aliphatic heterocycles. The predicted octanol–water partition coefficient (Wildman–Crippen LogP) is 3.91. The molecule has 0 aromatic heterocycles. The minimum atomic E-state index is -0.147. The Morgan fingerprint density at radius 2 is 2.16 bits per heavy atom. The molecular weight excluding hydrogens is 259 g/mol. The zero-order valence-electron chi connectivity index (χ0n) is 11.9. The lowest BCUT2D eigenvalue weighted by atomic mass is 10.1. The molecule has 0 aliphatic carbocycles. The van der Waals surface area contributed by atoms with Gasteiger partial charge in [-0.2, -0.15) is 0 Å². The Bertz CT molecular complexity index is 487. The Morgan fingerprint density at radius 3 is 2.79 bits per heavy atom. The number of amidine groups is 1. The molecule has 1 N–H and O–H groups in total. The molecule has 0 saturated carbocycles. The Labute approximate surface area is 118 Å². The van der Waals surface area contributed by atoms with Crippen LogP contribution in [0.5, 0.6) is 0 Å². The molecule has 1 aliphatic rings. The van der Waals surface area contributed by atoms with Gasteiger partial charge in [-0.05, 0) is 43.9 Å². The van der Waals surface area contributed by atoms with Gasteiger partial charge >= 0.3 is 0 Å². The van der Waals surface area contributed by atoms with Crippen LogP contribution in [0, 0.1) is 18.7 Å². The van der Waals surface area contributed by atoms with E-state index in [1.165, 1.54) is 0 Å². The summed E-state index contributed by atoms with van der Waals surface area (Å²) in [4.78, 5) is 4.64. The molecule has 4 heteroatoms. The van der Waals surface area contributed by atoms with Crippen molar-refractivity contribution >= 4 is 16.9 Å². The molecule has 2 rings (SSSR count). The van der Waals surface area contributed by atoms with Crippen LogP contribution in [0.25, 0.3) is 0 Å². The monoisotopic (exact) mass is 280 g/mol. The molecule has 19 heavy (non-hydrogen) atoms. The van der Waals surface area contributed by atoms with Gasteiger partial charge in [-0.1, -0.05) is 30.8 Å². The fourth-order valence-electron chi connectivity index (χ4n) is 1.93. The highest BCUT2D eigenvalue weighted by atomic mass is 32.2. The van der Waals surface area contributed by atoms with Gasteiger partial charge < -0.3 is 5.32 Å². The van der Waals surface area contributed by atoms with Crippen LogP contribution >= 0.6 is 11.8 Å². The third-order valence-corrected chi connectivity index (χ3v) is 4.85. The first-order valence-electron chi connectivity index (χ1n) is 6.70. The number of hydrogen-bond acceptors (Lipinski definition) is 3. The predicted molar refractivity (Wildman–Crippen MR) is 81.2 cm³/mol. The van der Waals surface area contributed by atoms with Gasteiger partial charge in [0.05, 0.1) is 12.1 Å². The summed E-state index contributed by atoms with van der Waals surface area (Å²) in [5, 5.41) is 4.35. The maximum Gasteiger partial charge on any atom is 0.157 e. The lowest BCUT2D eigenvalue weighted by molar-refractivity contribution is 0.532. The van der Waals surface area contributed by atoms with E-state index < -0.39 is 0 Å². The number of aliphatic imine (C=N–C) groups is 1. The van der Waals surface area contributed by atoms with Gasteiger partial charge in [0.15, 0.2) is 5.17 Å². The average Bonchev–Trinajstić information content (AvgIpc) is 2.37. The molecular formula is C15H21FN2S. The summed E-state index contributed by atoms with van der Waals surface area (Å²) >= 11 is 1.75. The van der Waals surface area contributed by atoms with Crippen molar-refractivity contribution in [3.63, 3.8) is 0 Å². The molecule has 3 unspecified atom stereocenters. The van der Waals surface area contributed by atoms with E-state index in [2.05, 4.69) is 24.2 Å². The van der Waals surface area contributed by atoms with Gasteiger partial charge in [-0.25, -0.2) is 4.39 Å². The molecule has 0 saturated heterocycles. The van der Waals surface area contributed by atoms with Crippen LogP contribution < -0.4 is 5.32 Å². The minimum absolute atomic E-state index is 0.0713. The van der Waals surface area contributed by atoms with E-state index in [1.54, 1.807) is 24.8 Å². The summed E-state index contributed by atoms with van der Waals surface area (Å²) in [6, 6.07) is 5.82. The van der Waals surface area contributed by atoms with Gasteiger partial charge in [-0.3, -0.25) is 4.99 Å². The molecule has 0 amide bonds. The van der Waals surface area contributed by atoms with Crippen molar-refractivity contribution < 1.29 is 4.39 Å². The van der Waals surface area contributed by atoms with Crippen LogP contribution in [0.3, 0.4) is 0 Å². The van der Waals surface area contributed by atoms with Gasteiger partial charge in [-0.15, -0.1) is 0 Å². The minimum Gasteiger partial charge on any atom is -0.358 e. The lowest BCUT2D eigenvalue weighted by Crippen LogP contribution is -2.31. The van der Waals surface area contributed by atoms with Crippen LogP contribution in [0.4, 0.5) is 4.39 Å². The van der Waals surface area contributed by atoms with Crippen LogP contribution in [0.2, 0.25) is 0 Å². The lowest BCUT2D eigenvalue weighted by Gasteiger charge is -2.26. The van der Waals surface area contributed by atoms with Gasteiger partial charge in [0.2, 0.25) is 0 Å². The third-order valence-electron chi connectivity index (χ3n) is 3.66. The van der Waals surface area contributed by atoms with E-state index in [0.29, 0.717) is 17.5 Å². The molecule has 0 spiro atoms. The van der Waals surface area contributed by atoms with Crippen LogP contribution in [-0.2, 0) is 0 Å². The van der Waals surface area contributed by atoms with Crippen molar-refractivity contribution in [3.8, 4) is 0 Å². The molecule has 0 bridgehead atoms. The first-order valence-corrected chi connectivity index (χ1v) is 7.69. The molecule has 3 atom stereocenters. The summed E-state index contributed by atoms with van der Waals surface area (Å²) in [5.41, 5.74) is 1.64. The highest BCUT2D eigenvalue weighted by molar-refractivity contribution is 8.13. The van der Waals surface area contributed by atoms with Crippen LogP contribution in [0.15, 0.2) is 23.2 Å². The summed E-state index contributed by atoms with van der Waals surface area (Å²) < 4.78 is 13.6. The number of rotatable bonds is 2. The molecule has 0 radical (unpaired) electrons. The van der Waals surface area contributed by atoms with Gasteiger partial charge in [0, 0.05) is 5.75 Å². The van der Waals surface area contributed by atoms with Crippen molar-refractivity contribution in [1.82, 2.24) is 5.32 Å². The number of aryl methyl sites for hydroxylation is 1. The first-order chi connectivity index (χ1) is 8.97. The number of hydrogen-bond donors (Lipinski definition) is 1. The quantitative estimate of drug-likeness (QED) is 0.888. The first kappa shape index (κ1) is 14.4. The number of halogens is 1. The summed E-state index contributed by atoms with van der Waals surface area (Å²) in [7, 11) is 0. The largest absolute Gasteiger partial charge is 0.358 e. The Morgan fingerprint density at radius 1 is 1.42 bits per heavy atom. The van der Waals surface area contributed by atoms with Crippen molar-refractivity contribution in [1.29, 1.82) is 0 Å². The van der Waals surface area contributed by atoms with Gasteiger partial charge in [0.25, 0.3) is 0 Å². The van der Waals surface area contributed by atoms with Crippen LogP contribution in [-0.4, -0.2) is 17.0 Å². The van der Waals surface area contributed by atoms with E-state index in [9.17, 15) is 4.39 Å². The third kappa shape index (κ3) is 3.50. The van der Waals surface area contributed by atoms with E-state index in [1.807, 2.05) is 19.1 Å². The zero-order chi connectivity index (χ0) is 14.0. The standard InChI is InChI=1S/C15H21FN2S/c1-9-5-6-13(7-14(9)16)12(4)18-15-17-11(3)10(2)8-19-15/h5-7,10-12H,8H2,1-4H3,(H,17,18). The molecule has 1 heterocycles. The van der Waals surface area contributed by atoms with Crippen LogP contribution in [0.1, 0.15) is 37.9 Å². The topological polar surface area (TPSA) is 24.4 Å². The Kier molecular flexibility index (Phi) is 4.50. The molecule has 1 aromatic carbocycles. The number of nitrogens with zero attached hydrogens (tertiary/aromatic N) is 1. The van der Waals surface area contributed by atoms with Crippen molar-refractivity contribution in [3.05, 3.63) is 35.1 Å². The number of benzene rings is 1. The zero-order valence-corrected chi connectivity index (χ0v) is 12.7. The second kappa shape index (κ2) is 5.95. The SMILES string of the molecule is Cc1ccc(C(C)NC2=NC(C)C(C)CS2)cc1F. The molecule has 104 valence electrons. The van der Waals surface area contributed by atoms with Crippen molar-refractivity contribution in [2.75, 3.05) is 5.75 Å². The summed E-state index contributed by atoms with van der Waals surface area (Å²) in [6.07, 6.45) is 0. The maximum absolute atomic E-state index is 13.6. The Balaban J connectivity index is 2.06. The maximum atomic E-state index is 13.6. The molecule has 0 fully saturated rings. The molecule has 1 aromatic rings. The Hall–Kier alpha value is -1.03. The summed E-state index contributed by atoms with van der Waals surface area (Å²) in [6.45, 7) is 8.18. The second-order valence-electron chi connectivity index (χ2n) is 5.34. The normalized spacial score (nSPS) is 24.8.